The van der Waals surface area contributed by atoms with Crippen molar-refractivity contribution in [2.75, 3.05) is 26.3 Å². The van der Waals surface area contributed by atoms with Gasteiger partial charge in [-0.15, -0.1) is 0 Å². The number of hydrogen-bond donors (Lipinski definition) is 3. The van der Waals surface area contributed by atoms with Gasteiger partial charge in [-0.2, -0.15) is 0 Å². The molecule has 0 aromatic rings. The van der Waals surface area contributed by atoms with E-state index >= 15 is 0 Å². The van der Waals surface area contributed by atoms with Gasteiger partial charge in [-0.1, -0.05) is 0 Å². The number of aliphatic hydroxyl groups is 1. The Bertz CT molecular complexity index is 224. The molecular weight excluding hydrogens is 228 g/mol. The normalized spacial score (nSPS) is 35.3. The lowest BCUT2D eigenvalue weighted by molar-refractivity contribution is 0.0705. The van der Waals surface area contributed by atoms with Crippen LogP contribution in [0.5, 0.6) is 0 Å². The third-order valence-electron chi connectivity index (χ3n) is 4.21. The Morgan fingerprint density at radius 1 is 1.33 bits per heavy atom. The highest BCUT2D eigenvalue weighted by atomic mass is 16.5. The Morgan fingerprint density at radius 2 is 2.11 bits per heavy atom. The summed E-state index contributed by atoms with van der Waals surface area (Å²) < 4.78 is 5.47. The number of ether oxygens (including phenoxy) is 1. The van der Waals surface area contributed by atoms with E-state index in [1.54, 1.807) is 0 Å². The van der Waals surface area contributed by atoms with Crippen LogP contribution in [-0.4, -0.2) is 49.6 Å². The first-order valence-corrected chi connectivity index (χ1v) is 7.46. The molecule has 2 rings (SSSR count). The lowest BCUT2D eigenvalue weighted by atomic mass is 9.87. The summed E-state index contributed by atoms with van der Waals surface area (Å²) in [4.78, 5) is 0. The van der Waals surface area contributed by atoms with Crippen LogP contribution in [0, 0.1) is 5.92 Å². The third-order valence-corrected chi connectivity index (χ3v) is 4.21. The first-order valence-electron chi connectivity index (χ1n) is 7.46. The molecule has 2 aliphatic rings. The maximum atomic E-state index is 9.48. The summed E-state index contributed by atoms with van der Waals surface area (Å²) in [6, 6.07) is 1.05. The molecule has 1 aliphatic carbocycles. The molecule has 0 spiro atoms. The van der Waals surface area contributed by atoms with Crippen LogP contribution >= 0.6 is 0 Å². The predicted molar refractivity (Wildman–Crippen MR) is 72.7 cm³/mol. The number of aliphatic hydroxyl groups excluding tert-OH is 1. The first kappa shape index (κ1) is 14.3. The highest BCUT2D eigenvalue weighted by molar-refractivity contribution is 4.78. The fourth-order valence-electron chi connectivity index (χ4n) is 3.00. The van der Waals surface area contributed by atoms with E-state index in [-0.39, 0.29) is 6.10 Å². The zero-order chi connectivity index (χ0) is 12.8. The van der Waals surface area contributed by atoms with Gasteiger partial charge in [-0.25, -0.2) is 0 Å². The second kappa shape index (κ2) is 7.43. The van der Waals surface area contributed by atoms with Gasteiger partial charge < -0.3 is 20.5 Å². The zero-order valence-electron chi connectivity index (χ0n) is 11.5. The van der Waals surface area contributed by atoms with Crippen LogP contribution in [0.1, 0.15) is 39.0 Å². The lowest BCUT2D eigenvalue weighted by Crippen LogP contribution is -2.45. The van der Waals surface area contributed by atoms with Crippen LogP contribution in [0.25, 0.3) is 0 Å². The third kappa shape index (κ3) is 4.84. The Hall–Kier alpha value is -0.160. The Balaban J connectivity index is 1.57. The van der Waals surface area contributed by atoms with Crippen molar-refractivity contribution in [2.24, 2.45) is 5.92 Å². The second-order valence-corrected chi connectivity index (χ2v) is 5.95. The van der Waals surface area contributed by atoms with Crippen molar-refractivity contribution in [3.05, 3.63) is 0 Å². The van der Waals surface area contributed by atoms with Crippen molar-refractivity contribution in [2.45, 2.75) is 57.2 Å². The first-order chi connectivity index (χ1) is 8.74. The van der Waals surface area contributed by atoms with Gasteiger partial charge in [0.15, 0.2) is 0 Å². The molecule has 3 N–H and O–H groups in total. The van der Waals surface area contributed by atoms with E-state index in [2.05, 4.69) is 17.6 Å². The van der Waals surface area contributed by atoms with Gasteiger partial charge >= 0.3 is 0 Å². The van der Waals surface area contributed by atoms with Gasteiger partial charge in [0.05, 0.1) is 19.3 Å². The molecule has 18 heavy (non-hydrogen) atoms. The second-order valence-electron chi connectivity index (χ2n) is 5.95. The molecule has 4 heteroatoms. The molecule has 2 unspecified atom stereocenters. The summed E-state index contributed by atoms with van der Waals surface area (Å²) in [6.07, 6.45) is 5.41. The van der Waals surface area contributed by atoms with E-state index in [0.29, 0.717) is 12.1 Å². The average Bonchev–Trinajstić information content (AvgIpc) is 2.39. The summed E-state index contributed by atoms with van der Waals surface area (Å²) >= 11 is 0. The number of morpholine rings is 1. The summed E-state index contributed by atoms with van der Waals surface area (Å²) in [5, 5.41) is 16.6. The van der Waals surface area contributed by atoms with Crippen LogP contribution < -0.4 is 10.6 Å². The standard InChI is InChI=1S/C14H28N2O2/c1-11(8-13-10-18-7-6-15-13)16-9-12-2-4-14(17)5-3-12/h11-17H,2-10H2,1H3. The Labute approximate surface area is 110 Å². The van der Waals surface area contributed by atoms with Gasteiger partial charge in [0, 0.05) is 18.6 Å². The van der Waals surface area contributed by atoms with Crippen molar-refractivity contribution in [3.8, 4) is 0 Å². The minimum absolute atomic E-state index is 0.0396. The quantitative estimate of drug-likeness (QED) is 0.684. The molecule has 1 heterocycles. The van der Waals surface area contributed by atoms with Crippen molar-refractivity contribution < 1.29 is 9.84 Å². The zero-order valence-corrected chi connectivity index (χ0v) is 11.5. The van der Waals surface area contributed by atoms with E-state index < -0.39 is 0 Å². The molecule has 0 radical (unpaired) electrons. The fraction of sp³-hybridized carbons (Fsp3) is 1.00. The predicted octanol–water partition coefficient (Wildman–Crippen LogP) is 0.894. The van der Waals surface area contributed by atoms with Crippen LogP contribution in [-0.2, 0) is 4.74 Å². The molecule has 2 atom stereocenters. The van der Waals surface area contributed by atoms with Gasteiger partial charge in [0.2, 0.25) is 0 Å². The summed E-state index contributed by atoms with van der Waals surface area (Å²) in [5.74, 6) is 0.756. The van der Waals surface area contributed by atoms with Crippen molar-refractivity contribution in [1.29, 1.82) is 0 Å². The van der Waals surface area contributed by atoms with E-state index in [1.165, 1.54) is 12.8 Å². The molecule has 0 amide bonds. The van der Waals surface area contributed by atoms with Crippen LogP contribution in [0.4, 0.5) is 0 Å². The van der Waals surface area contributed by atoms with Gasteiger partial charge in [-0.05, 0) is 51.5 Å². The molecule has 1 aliphatic heterocycles. The average molecular weight is 256 g/mol. The van der Waals surface area contributed by atoms with Crippen LogP contribution in [0.2, 0.25) is 0 Å². The van der Waals surface area contributed by atoms with Gasteiger partial charge in [0.1, 0.15) is 0 Å². The smallest absolute Gasteiger partial charge is 0.0620 e. The highest BCUT2D eigenvalue weighted by Gasteiger charge is 2.20. The van der Waals surface area contributed by atoms with Crippen molar-refractivity contribution in [3.63, 3.8) is 0 Å². The fourth-order valence-corrected chi connectivity index (χ4v) is 3.00. The largest absolute Gasteiger partial charge is 0.393 e. The Morgan fingerprint density at radius 3 is 2.78 bits per heavy atom. The monoisotopic (exact) mass is 256 g/mol. The molecule has 0 aromatic heterocycles. The molecule has 2 fully saturated rings. The molecule has 0 aromatic carbocycles. The minimum Gasteiger partial charge on any atom is -0.393 e. The van der Waals surface area contributed by atoms with Gasteiger partial charge in [-0.3, -0.25) is 0 Å². The molecule has 1 saturated heterocycles. The number of hydrogen-bond acceptors (Lipinski definition) is 4. The lowest BCUT2D eigenvalue weighted by Gasteiger charge is -2.29. The molecule has 1 saturated carbocycles. The maximum Gasteiger partial charge on any atom is 0.0620 e. The van der Waals surface area contributed by atoms with Gasteiger partial charge in [0.25, 0.3) is 0 Å². The highest BCUT2D eigenvalue weighted by Crippen LogP contribution is 2.23. The summed E-state index contributed by atoms with van der Waals surface area (Å²) in [6.45, 7) is 6.04. The van der Waals surface area contributed by atoms with Crippen LogP contribution in [0.3, 0.4) is 0 Å². The molecule has 4 nitrogen and oxygen atoms in total. The van der Waals surface area contributed by atoms with E-state index in [1.807, 2.05) is 0 Å². The number of nitrogens with one attached hydrogen (secondary N) is 2. The van der Waals surface area contributed by atoms with Crippen molar-refractivity contribution in [1.82, 2.24) is 10.6 Å². The van der Waals surface area contributed by atoms with E-state index in [0.717, 1.165) is 51.5 Å². The minimum atomic E-state index is -0.0396. The van der Waals surface area contributed by atoms with Crippen LogP contribution in [0.15, 0.2) is 0 Å². The summed E-state index contributed by atoms with van der Waals surface area (Å²) in [7, 11) is 0. The molecule has 0 bridgehead atoms. The van der Waals surface area contributed by atoms with Crippen molar-refractivity contribution >= 4 is 0 Å². The number of rotatable bonds is 5. The summed E-state index contributed by atoms with van der Waals surface area (Å²) in [5.41, 5.74) is 0. The SMILES string of the molecule is CC(CC1COCCN1)NCC1CCC(O)CC1. The maximum absolute atomic E-state index is 9.48. The molecular formula is C14H28N2O2. The topological polar surface area (TPSA) is 53.5 Å². The van der Waals surface area contributed by atoms with E-state index in [4.69, 9.17) is 4.74 Å². The molecule has 106 valence electrons. The van der Waals surface area contributed by atoms with E-state index in [9.17, 15) is 5.11 Å². The Kier molecular flexibility index (Phi) is 5.89.